The molecule has 0 fully saturated rings. The summed E-state index contributed by atoms with van der Waals surface area (Å²) in [7, 11) is 0. The normalized spacial score (nSPS) is 12.3. The Morgan fingerprint density at radius 3 is 1.30 bits per heavy atom. The van der Waals surface area contributed by atoms with Crippen LogP contribution >= 0.6 is 0 Å². The summed E-state index contributed by atoms with van der Waals surface area (Å²) in [4.78, 5) is 0. The standard InChI is InChI=1S/C34H16F6N4/c35-33(36,37)25-11-6-12-26(34(38,39)40)32(25)44-28-14-4-2-10-22(28)24-15-29-23(16-30(24)44)21-9-1-3-13-27(21)43(29)31-19(17-41)7-5-8-20(31)18-42/h1-16H. The summed E-state index contributed by atoms with van der Waals surface area (Å²) in [5.74, 6) is 0. The predicted molar refractivity (Wildman–Crippen MR) is 155 cm³/mol. The average molecular weight is 595 g/mol. The van der Waals surface area contributed by atoms with E-state index in [4.69, 9.17) is 0 Å². The molecule has 4 nitrogen and oxygen atoms in total. The first-order chi connectivity index (χ1) is 21.0. The molecule has 0 spiro atoms. The monoisotopic (exact) mass is 594 g/mol. The van der Waals surface area contributed by atoms with Crippen LogP contribution in [0.2, 0.25) is 0 Å². The van der Waals surface area contributed by atoms with Gasteiger partial charge in [0.05, 0.1) is 55.7 Å². The van der Waals surface area contributed by atoms with Gasteiger partial charge in [-0.15, -0.1) is 0 Å². The highest BCUT2D eigenvalue weighted by Gasteiger charge is 2.42. The molecular formula is C34H16F6N4. The Bertz CT molecular complexity index is 2330. The van der Waals surface area contributed by atoms with E-state index in [-0.39, 0.29) is 22.2 Å². The second-order valence-corrected chi connectivity index (χ2v) is 10.2. The van der Waals surface area contributed by atoms with Crippen molar-refractivity contribution < 1.29 is 26.3 Å². The Balaban J connectivity index is 1.72. The van der Waals surface area contributed by atoms with Crippen LogP contribution in [-0.4, -0.2) is 9.13 Å². The van der Waals surface area contributed by atoms with Crippen molar-refractivity contribution in [2.24, 2.45) is 0 Å². The van der Waals surface area contributed by atoms with Gasteiger partial charge in [-0.1, -0.05) is 48.5 Å². The van der Waals surface area contributed by atoms with Crippen LogP contribution in [0.3, 0.4) is 0 Å². The summed E-state index contributed by atoms with van der Waals surface area (Å²) in [6.07, 6.45) is -10.2. The van der Waals surface area contributed by atoms with Crippen LogP contribution in [0.1, 0.15) is 22.3 Å². The quantitative estimate of drug-likeness (QED) is 0.187. The lowest BCUT2D eigenvalue weighted by atomic mass is 10.0. The first-order valence-electron chi connectivity index (χ1n) is 13.2. The van der Waals surface area contributed by atoms with Crippen LogP contribution in [0.5, 0.6) is 0 Å². The summed E-state index contributed by atoms with van der Waals surface area (Å²) >= 11 is 0. The van der Waals surface area contributed by atoms with Crippen molar-refractivity contribution in [3.05, 3.63) is 119 Å². The Labute approximate surface area is 244 Å². The largest absolute Gasteiger partial charge is 0.418 e. The highest BCUT2D eigenvalue weighted by atomic mass is 19.4. The SMILES string of the molecule is N#Cc1cccc(C#N)c1-n1c2ccccc2c2cc3c(cc21)c1ccccc1n3-c1c(C(F)(F)F)cccc1C(F)(F)F. The summed E-state index contributed by atoms with van der Waals surface area (Å²) in [6, 6.07) is 27.8. The van der Waals surface area contributed by atoms with Gasteiger partial charge in [-0.25, -0.2) is 0 Å². The molecule has 2 aromatic heterocycles. The van der Waals surface area contributed by atoms with Gasteiger partial charge in [-0.05, 0) is 48.5 Å². The number of aromatic nitrogens is 2. The first kappa shape index (κ1) is 27.1. The van der Waals surface area contributed by atoms with Crippen molar-refractivity contribution in [3.8, 4) is 23.5 Å². The van der Waals surface area contributed by atoms with Crippen LogP contribution in [0.4, 0.5) is 26.3 Å². The molecule has 7 rings (SSSR count). The van der Waals surface area contributed by atoms with Crippen LogP contribution in [0.25, 0.3) is 55.0 Å². The molecule has 0 aliphatic heterocycles. The first-order valence-corrected chi connectivity index (χ1v) is 13.2. The number of hydrogen-bond donors (Lipinski definition) is 0. The third kappa shape index (κ3) is 3.85. The fourth-order valence-corrected chi connectivity index (χ4v) is 6.12. The fraction of sp³-hybridized carbons (Fsp3) is 0.0588. The molecule has 0 saturated heterocycles. The van der Waals surface area contributed by atoms with Gasteiger partial charge < -0.3 is 9.13 Å². The van der Waals surface area contributed by atoms with Gasteiger partial charge >= 0.3 is 12.4 Å². The smallest absolute Gasteiger partial charge is 0.308 e. The maximum Gasteiger partial charge on any atom is 0.418 e. The highest BCUT2D eigenvalue weighted by molar-refractivity contribution is 6.19. The van der Waals surface area contributed by atoms with Gasteiger partial charge in [0.1, 0.15) is 12.1 Å². The molecule has 0 unspecified atom stereocenters. The molecule has 0 amide bonds. The molecule has 7 aromatic rings. The van der Waals surface area contributed by atoms with E-state index in [1.165, 1.54) is 6.07 Å². The molecule has 0 bridgehead atoms. The minimum absolute atomic E-state index is 0.137. The molecule has 0 atom stereocenters. The zero-order valence-electron chi connectivity index (χ0n) is 22.3. The van der Waals surface area contributed by atoms with E-state index in [1.807, 2.05) is 0 Å². The molecule has 0 radical (unpaired) electrons. The zero-order valence-corrected chi connectivity index (χ0v) is 22.3. The van der Waals surface area contributed by atoms with Crippen molar-refractivity contribution in [2.45, 2.75) is 12.4 Å². The van der Waals surface area contributed by atoms with Crippen molar-refractivity contribution >= 4 is 43.6 Å². The molecule has 2 heterocycles. The summed E-state index contributed by atoms with van der Waals surface area (Å²) in [6.45, 7) is 0. The van der Waals surface area contributed by atoms with E-state index < -0.39 is 29.2 Å². The van der Waals surface area contributed by atoms with Crippen molar-refractivity contribution in [1.82, 2.24) is 9.13 Å². The zero-order chi connectivity index (χ0) is 31.0. The van der Waals surface area contributed by atoms with Crippen LogP contribution in [0, 0.1) is 22.7 Å². The molecular weight excluding hydrogens is 578 g/mol. The third-order valence-electron chi connectivity index (χ3n) is 7.84. The fourth-order valence-electron chi connectivity index (χ4n) is 6.12. The van der Waals surface area contributed by atoms with E-state index in [0.717, 1.165) is 10.6 Å². The van der Waals surface area contributed by atoms with Gasteiger partial charge in [0.2, 0.25) is 0 Å². The number of alkyl halides is 6. The summed E-state index contributed by atoms with van der Waals surface area (Å²) in [5.41, 5.74) is -1.64. The minimum atomic E-state index is -5.08. The number of rotatable bonds is 2. The van der Waals surface area contributed by atoms with Crippen molar-refractivity contribution in [2.75, 3.05) is 0 Å². The second-order valence-electron chi connectivity index (χ2n) is 10.2. The number of benzene rings is 5. The van der Waals surface area contributed by atoms with E-state index in [0.29, 0.717) is 50.4 Å². The maximum absolute atomic E-state index is 14.4. The lowest BCUT2D eigenvalue weighted by Gasteiger charge is -2.21. The summed E-state index contributed by atoms with van der Waals surface area (Å²) < 4.78 is 89.0. The molecule has 44 heavy (non-hydrogen) atoms. The topological polar surface area (TPSA) is 57.4 Å². The molecule has 0 N–H and O–H groups in total. The molecule has 0 saturated carbocycles. The number of nitriles is 2. The number of para-hydroxylation sites is 4. The van der Waals surface area contributed by atoms with Gasteiger partial charge in [-0.2, -0.15) is 36.9 Å². The Kier molecular flexibility index (Phi) is 5.78. The van der Waals surface area contributed by atoms with Crippen molar-refractivity contribution in [3.63, 3.8) is 0 Å². The minimum Gasteiger partial charge on any atom is -0.308 e. The number of halogens is 6. The van der Waals surface area contributed by atoms with Gasteiger partial charge in [-0.3, -0.25) is 0 Å². The molecule has 0 aliphatic carbocycles. The van der Waals surface area contributed by atoms with Gasteiger partial charge in [0.25, 0.3) is 0 Å². The van der Waals surface area contributed by atoms with E-state index in [1.54, 1.807) is 77.4 Å². The van der Waals surface area contributed by atoms with Crippen molar-refractivity contribution in [1.29, 1.82) is 10.5 Å². The van der Waals surface area contributed by atoms with Crippen LogP contribution in [0.15, 0.2) is 97.1 Å². The van der Waals surface area contributed by atoms with Crippen LogP contribution in [-0.2, 0) is 12.4 Å². The molecule has 214 valence electrons. The predicted octanol–water partition coefficient (Wildman–Crippen LogP) is 9.66. The molecule has 10 heteroatoms. The number of nitrogens with zero attached hydrogens (tertiary/aromatic N) is 4. The molecule has 5 aromatic carbocycles. The van der Waals surface area contributed by atoms with E-state index >= 15 is 0 Å². The maximum atomic E-state index is 14.4. The van der Waals surface area contributed by atoms with E-state index in [9.17, 15) is 36.9 Å². The van der Waals surface area contributed by atoms with E-state index in [2.05, 4.69) is 12.1 Å². The molecule has 0 aliphatic rings. The number of fused-ring (bicyclic) bond motifs is 6. The average Bonchev–Trinajstić information content (AvgIpc) is 3.50. The van der Waals surface area contributed by atoms with Crippen LogP contribution < -0.4 is 0 Å². The van der Waals surface area contributed by atoms with Gasteiger partial charge in [0.15, 0.2) is 0 Å². The third-order valence-corrected chi connectivity index (χ3v) is 7.84. The lowest BCUT2D eigenvalue weighted by Crippen LogP contribution is -2.17. The van der Waals surface area contributed by atoms with Gasteiger partial charge in [0, 0.05) is 21.5 Å². The Morgan fingerprint density at radius 2 is 0.864 bits per heavy atom. The summed E-state index contributed by atoms with van der Waals surface area (Å²) in [5, 5.41) is 21.9. The number of hydrogen-bond acceptors (Lipinski definition) is 2. The lowest BCUT2D eigenvalue weighted by molar-refractivity contribution is -0.142. The Morgan fingerprint density at radius 1 is 0.455 bits per heavy atom. The Hall–Kier alpha value is -5.74. The second kappa shape index (κ2) is 9.38. The highest BCUT2D eigenvalue weighted by Crippen LogP contribution is 2.46.